The van der Waals surface area contributed by atoms with Crippen LogP contribution < -0.4 is 15.8 Å². The average molecular weight is 459 g/mol. The van der Waals surface area contributed by atoms with E-state index in [0.717, 1.165) is 12.1 Å². The summed E-state index contributed by atoms with van der Waals surface area (Å²) in [5.74, 6) is 0.498. The number of urea groups is 1. The number of benzene rings is 1. The number of pyridine rings is 1. The second-order valence-corrected chi connectivity index (χ2v) is 6.79. The van der Waals surface area contributed by atoms with Crippen LogP contribution in [0.25, 0.3) is 22.8 Å². The average Bonchev–Trinajstić information content (AvgIpc) is 3.39. The molecule has 2 amide bonds. The lowest BCUT2D eigenvalue weighted by molar-refractivity contribution is -0.137. The Bertz CT molecular complexity index is 1270. The Labute approximate surface area is 184 Å². The van der Waals surface area contributed by atoms with E-state index in [9.17, 15) is 18.0 Å². The van der Waals surface area contributed by atoms with Gasteiger partial charge in [-0.05, 0) is 30.3 Å². The van der Waals surface area contributed by atoms with E-state index in [-0.39, 0.29) is 18.4 Å². The summed E-state index contributed by atoms with van der Waals surface area (Å²) >= 11 is 0. The van der Waals surface area contributed by atoms with Gasteiger partial charge in [-0.15, -0.1) is 0 Å². The summed E-state index contributed by atoms with van der Waals surface area (Å²) in [7, 11) is 1.67. The number of carbonyl (C=O) groups is 1. The molecule has 3 N–H and O–H groups in total. The van der Waals surface area contributed by atoms with Crippen molar-refractivity contribution in [3.8, 4) is 28.7 Å². The Morgan fingerprint density at radius 1 is 1.18 bits per heavy atom. The van der Waals surface area contributed by atoms with Crippen LogP contribution in [-0.2, 0) is 19.8 Å². The molecule has 33 heavy (non-hydrogen) atoms. The lowest BCUT2D eigenvalue weighted by Crippen LogP contribution is -2.19. The molecule has 0 aliphatic rings. The summed E-state index contributed by atoms with van der Waals surface area (Å²) in [4.78, 5) is 19.0. The molecule has 170 valence electrons. The van der Waals surface area contributed by atoms with Gasteiger partial charge in [0.25, 0.3) is 5.89 Å². The fourth-order valence-electron chi connectivity index (χ4n) is 2.88. The van der Waals surface area contributed by atoms with E-state index in [2.05, 4.69) is 25.5 Å². The van der Waals surface area contributed by atoms with Crippen LogP contribution in [0.1, 0.15) is 11.3 Å². The second kappa shape index (κ2) is 8.61. The molecule has 3 heterocycles. The van der Waals surface area contributed by atoms with Crippen LogP contribution in [0, 0.1) is 0 Å². The SMILES string of the molecule is Cn1ncc(-c2nc(-c3ccc(NC(N)=O)cc3)no2)c1COc1ccc(C(F)(F)F)cn1. The minimum absolute atomic E-state index is 0.0195. The number of aryl methyl sites for hydroxylation is 1. The minimum Gasteiger partial charge on any atom is -0.471 e. The third kappa shape index (κ3) is 4.92. The highest BCUT2D eigenvalue weighted by molar-refractivity contribution is 5.88. The van der Waals surface area contributed by atoms with Gasteiger partial charge in [-0.2, -0.15) is 23.3 Å². The minimum atomic E-state index is -4.48. The Balaban J connectivity index is 1.50. The molecule has 0 atom stereocenters. The van der Waals surface area contributed by atoms with Gasteiger partial charge in [0, 0.05) is 30.6 Å². The standard InChI is InChI=1S/C20H16F3N7O3/c1-30-15(10-32-16-7-4-12(8-25-16)20(21,22)23)14(9-26-30)18-28-17(29-33-18)11-2-5-13(6-3-11)27-19(24)31/h2-9H,10H2,1H3,(H3,24,27,31). The molecule has 0 radical (unpaired) electrons. The number of hydrogen-bond acceptors (Lipinski definition) is 7. The lowest BCUT2D eigenvalue weighted by atomic mass is 10.2. The molecule has 3 aromatic heterocycles. The van der Waals surface area contributed by atoms with Crippen LogP contribution in [0.5, 0.6) is 5.88 Å². The zero-order chi connectivity index (χ0) is 23.6. The van der Waals surface area contributed by atoms with Gasteiger partial charge in [0.05, 0.1) is 23.0 Å². The predicted octanol–water partition coefficient (Wildman–Crippen LogP) is 3.62. The summed E-state index contributed by atoms with van der Waals surface area (Å²) in [6.45, 7) is -0.0462. The third-order valence-electron chi connectivity index (χ3n) is 4.55. The fourth-order valence-corrected chi connectivity index (χ4v) is 2.88. The highest BCUT2D eigenvalue weighted by Gasteiger charge is 2.30. The van der Waals surface area contributed by atoms with Gasteiger partial charge < -0.3 is 20.3 Å². The smallest absolute Gasteiger partial charge is 0.417 e. The van der Waals surface area contributed by atoms with Crippen molar-refractivity contribution < 1.29 is 27.2 Å². The zero-order valence-corrected chi connectivity index (χ0v) is 17.0. The Morgan fingerprint density at radius 3 is 2.58 bits per heavy atom. The maximum atomic E-state index is 12.7. The summed E-state index contributed by atoms with van der Waals surface area (Å²) < 4.78 is 50.4. The predicted molar refractivity (Wildman–Crippen MR) is 109 cm³/mol. The number of ether oxygens (including phenoxy) is 1. The van der Waals surface area contributed by atoms with Gasteiger partial charge >= 0.3 is 12.2 Å². The van der Waals surface area contributed by atoms with Gasteiger partial charge in [-0.3, -0.25) is 4.68 Å². The largest absolute Gasteiger partial charge is 0.471 e. The molecule has 4 rings (SSSR count). The first-order valence-corrected chi connectivity index (χ1v) is 9.38. The fraction of sp³-hybridized carbons (Fsp3) is 0.150. The number of primary amides is 1. The van der Waals surface area contributed by atoms with E-state index in [4.69, 9.17) is 15.0 Å². The van der Waals surface area contributed by atoms with E-state index in [1.165, 1.54) is 10.9 Å². The molecule has 0 spiro atoms. The molecule has 0 unspecified atom stereocenters. The number of aromatic nitrogens is 5. The van der Waals surface area contributed by atoms with Crippen molar-refractivity contribution in [2.75, 3.05) is 5.32 Å². The Hall–Kier alpha value is -4.42. The number of amides is 2. The Morgan fingerprint density at radius 2 is 1.94 bits per heavy atom. The molecule has 10 nitrogen and oxygen atoms in total. The first-order valence-electron chi connectivity index (χ1n) is 9.38. The molecule has 0 aliphatic heterocycles. The molecule has 13 heteroatoms. The topological polar surface area (TPSA) is 134 Å². The van der Waals surface area contributed by atoms with Gasteiger partial charge in [0.1, 0.15) is 6.61 Å². The quantitative estimate of drug-likeness (QED) is 0.450. The van der Waals surface area contributed by atoms with Crippen molar-refractivity contribution in [3.05, 3.63) is 60.0 Å². The highest BCUT2D eigenvalue weighted by atomic mass is 19.4. The van der Waals surface area contributed by atoms with E-state index in [1.54, 1.807) is 31.3 Å². The van der Waals surface area contributed by atoms with Gasteiger partial charge in [-0.1, -0.05) is 5.16 Å². The molecule has 4 aromatic rings. The summed E-state index contributed by atoms with van der Waals surface area (Å²) in [5.41, 5.74) is 6.41. The second-order valence-electron chi connectivity index (χ2n) is 6.79. The third-order valence-corrected chi connectivity index (χ3v) is 4.55. The summed E-state index contributed by atoms with van der Waals surface area (Å²) in [6.07, 6.45) is -2.26. The van der Waals surface area contributed by atoms with Gasteiger partial charge in [0.2, 0.25) is 11.7 Å². The van der Waals surface area contributed by atoms with Crippen LogP contribution >= 0.6 is 0 Å². The monoisotopic (exact) mass is 459 g/mol. The number of halogens is 3. The number of rotatable bonds is 6. The van der Waals surface area contributed by atoms with E-state index in [0.29, 0.717) is 34.5 Å². The first kappa shape index (κ1) is 21.8. The maximum absolute atomic E-state index is 12.7. The van der Waals surface area contributed by atoms with Crippen LogP contribution in [0.3, 0.4) is 0 Å². The van der Waals surface area contributed by atoms with Crippen LogP contribution in [0.2, 0.25) is 0 Å². The summed E-state index contributed by atoms with van der Waals surface area (Å²) in [5, 5.41) is 10.6. The van der Waals surface area contributed by atoms with Crippen molar-refractivity contribution in [1.82, 2.24) is 24.9 Å². The van der Waals surface area contributed by atoms with E-state index in [1.807, 2.05) is 0 Å². The van der Waals surface area contributed by atoms with Crippen molar-refractivity contribution in [2.45, 2.75) is 12.8 Å². The molecule has 0 aliphatic carbocycles. The molecule has 1 aromatic carbocycles. The van der Waals surface area contributed by atoms with E-state index >= 15 is 0 Å². The molecule has 0 fully saturated rings. The van der Waals surface area contributed by atoms with E-state index < -0.39 is 17.8 Å². The number of nitrogens with zero attached hydrogens (tertiary/aromatic N) is 5. The lowest BCUT2D eigenvalue weighted by Gasteiger charge is -2.09. The number of nitrogens with one attached hydrogen (secondary N) is 1. The number of nitrogens with two attached hydrogens (primary N) is 1. The van der Waals surface area contributed by atoms with Crippen molar-refractivity contribution in [2.24, 2.45) is 12.8 Å². The molecule has 0 saturated heterocycles. The normalized spacial score (nSPS) is 11.4. The van der Waals surface area contributed by atoms with Gasteiger partial charge in [0.15, 0.2) is 0 Å². The highest BCUT2D eigenvalue weighted by Crippen LogP contribution is 2.30. The van der Waals surface area contributed by atoms with Crippen molar-refractivity contribution in [3.63, 3.8) is 0 Å². The molecule has 0 saturated carbocycles. The number of hydrogen-bond donors (Lipinski definition) is 2. The molecule has 0 bridgehead atoms. The zero-order valence-electron chi connectivity index (χ0n) is 17.0. The van der Waals surface area contributed by atoms with Crippen molar-refractivity contribution >= 4 is 11.7 Å². The van der Waals surface area contributed by atoms with Crippen LogP contribution in [-0.4, -0.2) is 30.9 Å². The molecular formula is C20H16F3N7O3. The van der Waals surface area contributed by atoms with Crippen LogP contribution in [0.15, 0.2) is 53.3 Å². The van der Waals surface area contributed by atoms with Crippen molar-refractivity contribution in [1.29, 1.82) is 0 Å². The Kier molecular flexibility index (Phi) is 5.69. The summed E-state index contributed by atoms with van der Waals surface area (Å²) in [6, 6.07) is 7.99. The van der Waals surface area contributed by atoms with Crippen LogP contribution in [0.4, 0.5) is 23.7 Å². The number of carbonyl (C=O) groups excluding carboxylic acids is 1. The number of alkyl halides is 3. The number of anilines is 1. The molecular weight excluding hydrogens is 443 g/mol. The maximum Gasteiger partial charge on any atom is 0.417 e. The van der Waals surface area contributed by atoms with Gasteiger partial charge in [-0.25, -0.2) is 9.78 Å². The first-order chi connectivity index (χ1) is 15.7.